The largest absolute Gasteiger partial charge is 0.478 e. The van der Waals surface area contributed by atoms with E-state index in [0.717, 1.165) is 17.1 Å². The van der Waals surface area contributed by atoms with Crippen molar-refractivity contribution >= 4 is 27.6 Å². The number of aromatic carboxylic acids is 1. The van der Waals surface area contributed by atoms with Gasteiger partial charge in [-0.2, -0.15) is 0 Å². The van der Waals surface area contributed by atoms with Gasteiger partial charge in [-0.3, -0.25) is 0 Å². The SMILES string of the molecule is Cc1nc(CNc2ccc(C(=O)O)cc2Br)oc1C. The molecule has 0 radical (unpaired) electrons. The fourth-order valence-electron chi connectivity index (χ4n) is 1.58. The number of aromatic nitrogens is 1. The third-order valence-corrected chi connectivity index (χ3v) is 3.38. The van der Waals surface area contributed by atoms with Crippen molar-refractivity contribution in [3.63, 3.8) is 0 Å². The molecule has 19 heavy (non-hydrogen) atoms. The summed E-state index contributed by atoms with van der Waals surface area (Å²) in [5.41, 5.74) is 1.90. The van der Waals surface area contributed by atoms with Gasteiger partial charge in [-0.25, -0.2) is 9.78 Å². The smallest absolute Gasteiger partial charge is 0.335 e. The Balaban J connectivity index is 2.09. The molecule has 0 aliphatic carbocycles. The molecule has 0 aliphatic heterocycles. The lowest BCUT2D eigenvalue weighted by Gasteiger charge is -2.07. The van der Waals surface area contributed by atoms with Crippen LogP contribution in [0.2, 0.25) is 0 Å². The van der Waals surface area contributed by atoms with Crippen molar-refractivity contribution in [1.29, 1.82) is 0 Å². The maximum absolute atomic E-state index is 10.8. The summed E-state index contributed by atoms with van der Waals surface area (Å²) < 4.78 is 6.14. The van der Waals surface area contributed by atoms with E-state index >= 15 is 0 Å². The van der Waals surface area contributed by atoms with E-state index in [1.165, 1.54) is 0 Å². The molecule has 0 saturated carbocycles. The monoisotopic (exact) mass is 324 g/mol. The molecule has 0 aliphatic rings. The fourth-order valence-corrected chi connectivity index (χ4v) is 2.10. The Hall–Kier alpha value is -1.82. The van der Waals surface area contributed by atoms with Gasteiger partial charge < -0.3 is 14.8 Å². The second-order valence-corrected chi connectivity index (χ2v) is 4.96. The minimum Gasteiger partial charge on any atom is -0.478 e. The van der Waals surface area contributed by atoms with Gasteiger partial charge in [0.25, 0.3) is 0 Å². The summed E-state index contributed by atoms with van der Waals surface area (Å²) in [5.74, 6) is 0.451. The molecular weight excluding hydrogens is 312 g/mol. The highest BCUT2D eigenvalue weighted by atomic mass is 79.9. The lowest BCUT2D eigenvalue weighted by molar-refractivity contribution is 0.0697. The maximum atomic E-state index is 10.8. The highest BCUT2D eigenvalue weighted by Crippen LogP contribution is 2.24. The van der Waals surface area contributed by atoms with Gasteiger partial charge in [-0.1, -0.05) is 0 Å². The van der Waals surface area contributed by atoms with Crippen LogP contribution >= 0.6 is 15.9 Å². The lowest BCUT2D eigenvalue weighted by Crippen LogP contribution is -2.02. The molecule has 0 fully saturated rings. The summed E-state index contributed by atoms with van der Waals surface area (Å²) in [7, 11) is 0. The lowest BCUT2D eigenvalue weighted by atomic mass is 10.2. The number of nitrogens with zero attached hydrogens (tertiary/aromatic N) is 1. The molecule has 0 unspecified atom stereocenters. The number of hydrogen-bond donors (Lipinski definition) is 2. The number of benzene rings is 1. The van der Waals surface area contributed by atoms with Crippen molar-refractivity contribution in [3.8, 4) is 0 Å². The fraction of sp³-hybridized carbons (Fsp3) is 0.231. The molecule has 5 nitrogen and oxygen atoms in total. The summed E-state index contributed by atoms with van der Waals surface area (Å²) >= 11 is 3.33. The zero-order valence-corrected chi connectivity index (χ0v) is 12.1. The maximum Gasteiger partial charge on any atom is 0.335 e. The number of carboxylic acid groups (broad SMARTS) is 1. The van der Waals surface area contributed by atoms with Crippen LogP contribution in [0, 0.1) is 13.8 Å². The van der Waals surface area contributed by atoms with Crippen LogP contribution in [0.5, 0.6) is 0 Å². The molecule has 0 bridgehead atoms. The molecule has 2 aromatic rings. The van der Waals surface area contributed by atoms with E-state index in [-0.39, 0.29) is 5.56 Å². The third-order valence-electron chi connectivity index (χ3n) is 2.72. The molecule has 2 N–H and O–H groups in total. The molecule has 100 valence electrons. The predicted molar refractivity (Wildman–Crippen MR) is 74.4 cm³/mol. The van der Waals surface area contributed by atoms with Crippen LogP contribution in [0.25, 0.3) is 0 Å². The molecule has 0 spiro atoms. The zero-order chi connectivity index (χ0) is 14.0. The Morgan fingerprint density at radius 3 is 2.74 bits per heavy atom. The number of hydrogen-bond acceptors (Lipinski definition) is 4. The Labute approximate surface area is 118 Å². The van der Waals surface area contributed by atoms with Crippen molar-refractivity contribution in [1.82, 2.24) is 4.98 Å². The average Bonchev–Trinajstić information content (AvgIpc) is 2.67. The van der Waals surface area contributed by atoms with Crippen LogP contribution in [-0.2, 0) is 6.54 Å². The molecular formula is C13H13BrN2O3. The van der Waals surface area contributed by atoms with Crippen molar-refractivity contribution in [3.05, 3.63) is 45.6 Å². The van der Waals surface area contributed by atoms with Crippen LogP contribution < -0.4 is 5.32 Å². The number of oxazole rings is 1. The summed E-state index contributed by atoms with van der Waals surface area (Å²) in [4.78, 5) is 15.1. The minimum absolute atomic E-state index is 0.236. The quantitative estimate of drug-likeness (QED) is 0.901. The Kier molecular flexibility index (Phi) is 3.90. The molecule has 0 amide bonds. The van der Waals surface area contributed by atoms with E-state index in [9.17, 15) is 4.79 Å². The van der Waals surface area contributed by atoms with Gasteiger partial charge >= 0.3 is 5.97 Å². The summed E-state index contributed by atoms with van der Waals surface area (Å²) in [5, 5.41) is 12.0. The van der Waals surface area contributed by atoms with Crippen LogP contribution in [0.3, 0.4) is 0 Å². The highest BCUT2D eigenvalue weighted by molar-refractivity contribution is 9.10. The first kappa shape index (κ1) is 13.6. The molecule has 0 atom stereocenters. The van der Waals surface area contributed by atoms with Crippen LogP contribution in [-0.4, -0.2) is 16.1 Å². The second kappa shape index (κ2) is 5.44. The number of rotatable bonds is 4. The number of carboxylic acids is 1. The van der Waals surface area contributed by atoms with Crippen molar-refractivity contribution in [2.45, 2.75) is 20.4 Å². The van der Waals surface area contributed by atoms with Gasteiger partial charge in [0.1, 0.15) is 5.76 Å². The van der Waals surface area contributed by atoms with Gasteiger partial charge in [0.2, 0.25) is 5.89 Å². The number of aryl methyl sites for hydroxylation is 2. The van der Waals surface area contributed by atoms with E-state index in [2.05, 4.69) is 26.2 Å². The van der Waals surface area contributed by atoms with Gasteiger partial charge in [0.05, 0.1) is 17.8 Å². The second-order valence-electron chi connectivity index (χ2n) is 4.10. The molecule has 1 aromatic carbocycles. The number of nitrogens with one attached hydrogen (secondary N) is 1. The summed E-state index contributed by atoms with van der Waals surface area (Å²) in [6, 6.07) is 4.80. The van der Waals surface area contributed by atoms with E-state index in [1.54, 1.807) is 18.2 Å². The van der Waals surface area contributed by atoms with Crippen LogP contribution in [0.4, 0.5) is 5.69 Å². The van der Waals surface area contributed by atoms with Gasteiger partial charge in [-0.15, -0.1) is 0 Å². The predicted octanol–water partition coefficient (Wildman–Crippen LogP) is 3.36. The van der Waals surface area contributed by atoms with E-state index in [4.69, 9.17) is 9.52 Å². The number of halogens is 1. The molecule has 1 aromatic heterocycles. The highest BCUT2D eigenvalue weighted by Gasteiger charge is 2.08. The van der Waals surface area contributed by atoms with E-state index < -0.39 is 5.97 Å². The number of carbonyl (C=O) groups is 1. The third kappa shape index (κ3) is 3.14. The van der Waals surface area contributed by atoms with E-state index in [1.807, 2.05) is 13.8 Å². The standard InChI is InChI=1S/C13H13BrN2O3/c1-7-8(2)19-12(16-7)6-15-11-4-3-9(13(17)18)5-10(11)14/h3-5,15H,6H2,1-2H3,(H,17,18). The molecule has 6 heteroatoms. The molecule has 0 saturated heterocycles. The topological polar surface area (TPSA) is 75.4 Å². The van der Waals surface area contributed by atoms with Crippen molar-refractivity contribution in [2.75, 3.05) is 5.32 Å². The van der Waals surface area contributed by atoms with Gasteiger partial charge in [0.15, 0.2) is 0 Å². The first-order valence-corrected chi connectivity index (χ1v) is 6.46. The van der Waals surface area contributed by atoms with Crippen LogP contribution in [0.1, 0.15) is 27.7 Å². The summed E-state index contributed by atoms with van der Waals surface area (Å²) in [6.45, 7) is 4.20. The van der Waals surface area contributed by atoms with Gasteiger partial charge in [0, 0.05) is 10.2 Å². The first-order valence-electron chi connectivity index (χ1n) is 5.67. The molecule has 2 rings (SSSR count). The number of anilines is 1. The Morgan fingerprint density at radius 2 is 2.21 bits per heavy atom. The Morgan fingerprint density at radius 1 is 1.47 bits per heavy atom. The van der Waals surface area contributed by atoms with E-state index in [0.29, 0.717) is 16.9 Å². The Bertz CT molecular complexity index is 603. The average molecular weight is 325 g/mol. The normalized spacial score (nSPS) is 10.5. The van der Waals surface area contributed by atoms with Gasteiger partial charge in [-0.05, 0) is 48.0 Å². The minimum atomic E-state index is -0.953. The van der Waals surface area contributed by atoms with Crippen molar-refractivity contribution in [2.24, 2.45) is 0 Å². The van der Waals surface area contributed by atoms with Crippen molar-refractivity contribution < 1.29 is 14.3 Å². The summed E-state index contributed by atoms with van der Waals surface area (Å²) in [6.07, 6.45) is 0. The van der Waals surface area contributed by atoms with Crippen LogP contribution in [0.15, 0.2) is 27.1 Å². The first-order chi connectivity index (χ1) is 8.97. The zero-order valence-electron chi connectivity index (χ0n) is 10.5. The molecule has 1 heterocycles.